The highest BCUT2D eigenvalue weighted by molar-refractivity contribution is 5.23. The van der Waals surface area contributed by atoms with Crippen LogP contribution in [0, 0.1) is 11.8 Å². The lowest BCUT2D eigenvalue weighted by atomic mass is 9.71. The normalized spacial score (nSPS) is 27.7. The Morgan fingerprint density at radius 3 is 2.33 bits per heavy atom. The van der Waals surface area contributed by atoms with Crippen molar-refractivity contribution in [3.63, 3.8) is 0 Å². The maximum atomic E-state index is 11.1. The van der Waals surface area contributed by atoms with E-state index in [0.29, 0.717) is 12.5 Å². The molecule has 0 radical (unpaired) electrons. The van der Waals surface area contributed by atoms with Crippen molar-refractivity contribution >= 4 is 0 Å². The largest absolute Gasteiger partial charge is 0.382 e. The molecule has 1 aromatic carbocycles. The summed E-state index contributed by atoms with van der Waals surface area (Å²) in [5, 5.41) is 11.1. The summed E-state index contributed by atoms with van der Waals surface area (Å²) in [6, 6.07) is 9.98. The van der Waals surface area contributed by atoms with E-state index in [1.807, 2.05) is 30.3 Å². The van der Waals surface area contributed by atoms with Crippen molar-refractivity contribution in [1.29, 1.82) is 0 Å². The maximum absolute atomic E-state index is 11.1. The van der Waals surface area contributed by atoms with Gasteiger partial charge >= 0.3 is 0 Å². The molecule has 1 atom stereocenters. The lowest BCUT2D eigenvalue weighted by Gasteiger charge is -2.39. The van der Waals surface area contributed by atoms with Crippen LogP contribution in [0.15, 0.2) is 30.3 Å². The van der Waals surface area contributed by atoms with E-state index < -0.39 is 5.60 Å². The summed E-state index contributed by atoms with van der Waals surface area (Å²) < 4.78 is 5.29. The van der Waals surface area contributed by atoms with E-state index in [9.17, 15) is 5.11 Å². The van der Waals surface area contributed by atoms with Gasteiger partial charge in [-0.25, -0.2) is 0 Å². The highest BCUT2D eigenvalue weighted by Crippen LogP contribution is 2.41. The topological polar surface area (TPSA) is 29.5 Å². The summed E-state index contributed by atoms with van der Waals surface area (Å²) in [7, 11) is 1.67. The first-order chi connectivity index (χ1) is 8.66. The molecule has 2 nitrogen and oxygen atoms in total. The van der Waals surface area contributed by atoms with Gasteiger partial charge in [0.2, 0.25) is 0 Å². The second kappa shape index (κ2) is 5.85. The fourth-order valence-corrected chi connectivity index (χ4v) is 3.12. The predicted octanol–water partition coefficient (Wildman–Crippen LogP) is 3.35. The molecule has 0 aromatic heterocycles. The minimum absolute atomic E-state index is 0.316. The summed E-state index contributed by atoms with van der Waals surface area (Å²) in [4.78, 5) is 0. The van der Waals surface area contributed by atoms with E-state index in [0.717, 1.165) is 24.3 Å². The molecular formula is C16H24O2. The Labute approximate surface area is 110 Å². The van der Waals surface area contributed by atoms with Crippen molar-refractivity contribution in [1.82, 2.24) is 0 Å². The average molecular weight is 248 g/mol. The molecule has 0 amide bonds. The van der Waals surface area contributed by atoms with Crippen LogP contribution in [0.5, 0.6) is 0 Å². The van der Waals surface area contributed by atoms with Gasteiger partial charge in [0.15, 0.2) is 0 Å². The number of hydrogen-bond donors (Lipinski definition) is 1. The van der Waals surface area contributed by atoms with Gasteiger partial charge in [0.25, 0.3) is 0 Å². The van der Waals surface area contributed by atoms with Crippen LogP contribution in [0.2, 0.25) is 0 Å². The van der Waals surface area contributed by atoms with Gasteiger partial charge in [0.05, 0.1) is 6.61 Å². The zero-order valence-electron chi connectivity index (χ0n) is 11.4. The smallest absolute Gasteiger partial charge is 0.116 e. The van der Waals surface area contributed by atoms with Gasteiger partial charge in [-0.15, -0.1) is 0 Å². The quantitative estimate of drug-likeness (QED) is 0.885. The Kier molecular flexibility index (Phi) is 4.41. The summed E-state index contributed by atoms with van der Waals surface area (Å²) >= 11 is 0. The van der Waals surface area contributed by atoms with Crippen LogP contribution in [0.3, 0.4) is 0 Å². The summed E-state index contributed by atoms with van der Waals surface area (Å²) in [5.74, 6) is 1.11. The Morgan fingerprint density at radius 2 is 1.78 bits per heavy atom. The van der Waals surface area contributed by atoms with Gasteiger partial charge in [-0.3, -0.25) is 0 Å². The summed E-state index contributed by atoms with van der Waals surface area (Å²) in [6.07, 6.45) is 4.61. The van der Waals surface area contributed by atoms with Crippen LogP contribution in [-0.2, 0) is 10.3 Å². The minimum atomic E-state index is -0.823. The molecule has 2 rings (SSSR count). The predicted molar refractivity (Wildman–Crippen MR) is 73.3 cm³/mol. The van der Waals surface area contributed by atoms with Gasteiger partial charge in [-0.2, -0.15) is 0 Å². The number of hydrogen-bond acceptors (Lipinski definition) is 2. The van der Waals surface area contributed by atoms with Crippen molar-refractivity contribution in [3.05, 3.63) is 35.9 Å². The fourth-order valence-electron chi connectivity index (χ4n) is 3.12. The van der Waals surface area contributed by atoms with E-state index in [4.69, 9.17) is 4.74 Å². The molecule has 100 valence electrons. The molecular weight excluding hydrogens is 224 g/mol. The highest BCUT2D eigenvalue weighted by Gasteiger charge is 2.39. The Bertz CT molecular complexity index is 355. The van der Waals surface area contributed by atoms with Crippen LogP contribution in [-0.4, -0.2) is 18.8 Å². The van der Waals surface area contributed by atoms with Gasteiger partial charge in [-0.05, 0) is 30.2 Å². The highest BCUT2D eigenvalue weighted by atomic mass is 16.5. The second-order valence-corrected chi connectivity index (χ2v) is 5.68. The van der Waals surface area contributed by atoms with Gasteiger partial charge in [0, 0.05) is 7.11 Å². The zero-order chi connectivity index (χ0) is 13.0. The molecule has 0 spiro atoms. The first-order valence-electron chi connectivity index (χ1n) is 6.93. The van der Waals surface area contributed by atoms with E-state index >= 15 is 0 Å². The van der Waals surface area contributed by atoms with E-state index in [2.05, 4.69) is 6.92 Å². The number of rotatable bonds is 4. The Morgan fingerprint density at radius 1 is 1.17 bits per heavy atom. The molecule has 1 saturated carbocycles. The van der Waals surface area contributed by atoms with Crippen molar-refractivity contribution in [2.45, 2.75) is 38.2 Å². The molecule has 0 heterocycles. The first-order valence-corrected chi connectivity index (χ1v) is 6.93. The summed E-state index contributed by atoms with van der Waals surface area (Å²) in [6.45, 7) is 2.68. The van der Waals surface area contributed by atoms with E-state index in [-0.39, 0.29) is 0 Å². The van der Waals surface area contributed by atoms with E-state index in [1.54, 1.807) is 7.11 Å². The standard InChI is InChI=1S/C16H24O2/c1-13-8-10-15(11-9-13)16(17,12-18-2)14-6-4-3-5-7-14/h3-7,13,15,17H,8-12H2,1-2H3. The number of ether oxygens (including phenoxy) is 1. The van der Waals surface area contributed by atoms with Crippen molar-refractivity contribution in [2.75, 3.05) is 13.7 Å². The van der Waals surface area contributed by atoms with Gasteiger partial charge < -0.3 is 9.84 Å². The second-order valence-electron chi connectivity index (χ2n) is 5.68. The van der Waals surface area contributed by atoms with Gasteiger partial charge in [0.1, 0.15) is 5.60 Å². The molecule has 1 unspecified atom stereocenters. The van der Waals surface area contributed by atoms with Crippen molar-refractivity contribution < 1.29 is 9.84 Å². The first kappa shape index (κ1) is 13.6. The molecule has 1 fully saturated rings. The number of methoxy groups -OCH3 is 1. The van der Waals surface area contributed by atoms with Gasteiger partial charge in [-0.1, -0.05) is 50.1 Å². The van der Waals surface area contributed by atoms with Crippen molar-refractivity contribution in [3.8, 4) is 0 Å². The average Bonchev–Trinajstić information content (AvgIpc) is 2.40. The zero-order valence-corrected chi connectivity index (χ0v) is 11.4. The molecule has 0 bridgehead atoms. The number of aliphatic hydroxyl groups is 1. The van der Waals surface area contributed by atoms with Crippen LogP contribution in [0.25, 0.3) is 0 Å². The van der Waals surface area contributed by atoms with Crippen LogP contribution >= 0.6 is 0 Å². The lowest BCUT2D eigenvalue weighted by Crippen LogP contribution is -2.41. The fraction of sp³-hybridized carbons (Fsp3) is 0.625. The molecule has 0 saturated heterocycles. The molecule has 2 heteroatoms. The molecule has 1 aliphatic rings. The maximum Gasteiger partial charge on any atom is 0.116 e. The van der Waals surface area contributed by atoms with E-state index in [1.165, 1.54) is 12.8 Å². The lowest BCUT2D eigenvalue weighted by molar-refractivity contribution is -0.0927. The monoisotopic (exact) mass is 248 g/mol. The third kappa shape index (κ3) is 2.76. The third-order valence-electron chi connectivity index (χ3n) is 4.33. The molecule has 0 aliphatic heterocycles. The van der Waals surface area contributed by atoms with Crippen LogP contribution < -0.4 is 0 Å². The molecule has 1 aromatic rings. The molecule has 1 aliphatic carbocycles. The Balaban J connectivity index is 2.21. The number of benzene rings is 1. The summed E-state index contributed by atoms with van der Waals surface area (Å²) in [5.41, 5.74) is 0.169. The minimum Gasteiger partial charge on any atom is -0.382 e. The third-order valence-corrected chi connectivity index (χ3v) is 4.33. The molecule has 18 heavy (non-hydrogen) atoms. The van der Waals surface area contributed by atoms with Crippen LogP contribution in [0.4, 0.5) is 0 Å². The van der Waals surface area contributed by atoms with Crippen LogP contribution in [0.1, 0.15) is 38.2 Å². The Hall–Kier alpha value is -0.860. The van der Waals surface area contributed by atoms with Crippen molar-refractivity contribution in [2.24, 2.45) is 11.8 Å². The molecule has 1 N–H and O–H groups in total. The SMILES string of the molecule is COCC(O)(c1ccccc1)C1CCC(C)CC1.